The Balaban J connectivity index is 1.59. The normalized spacial score (nSPS) is 19.1. The second-order valence-corrected chi connectivity index (χ2v) is 7.36. The highest BCUT2D eigenvalue weighted by Gasteiger charge is 2.32. The molecule has 2 aliphatic rings. The van der Waals surface area contributed by atoms with Crippen LogP contribution in [0.2, 0.25) is 0 Å². The van der Waals surface area contributed by atoms with Crippen molar-refractivity contribution in [2.75, 3.05) is 19.8 Å². The zero-order chi connectivity index (χ0) is 17.4. The van der Waals surface area contributed by atoms with E-state index in [9.17, 15) is 9.59 Å². The number of ketones is 1. The first-order chi connectivity index (χ1) is 12.1. The van der Waals surface area contributed by atoms with Crippen molar-refractivity contribution < 1.29 is 19.1 Å². The minimum absolute atomic E-state index is 0.00473. The first-order valence-corrected chi connectivity index (χ1v) is 9.26. The summed E-state index contributed by atoms with van der Waals surface area (Å²) in [6, 6.07) is 9.44. The number of carbonyl (C=O) groups is 2. The molecule has 0 saturated carbocycles. The minimum atomic E-state index is -0.00569. The first kappa shape index (κ1) is 16.1. The second kappa shape index (κ2) is 6.52. The van der Waals surface area contributed by atoms with Gasteiger partial charge in [-0.05, 0) is 49.6 Å². The number of rotatable bonds is 3. The smallest absolute Gasteiger partial charge is 0.264 e. The predicted octanol–water partition coefficient (Wildman–Crippen LogP) is 3.70. The van der Waals surface area contributed by atoms with Gasteiger partial charge in [0, 0.05) is 6.54 Å². The summed E-state index contributed by atoms with van der Waals surface area (Å²) in [5.41, 5.74) is 1.07. The molecule has 5 nitrogen and oxygen atoms in total. The van der Waals surface area contributed by atoms with E-state index in [2.05, 4.69) is 0 Å². The number of hydrogen-bond donors (Lipinski definition) is 0. The Morgan fingerprint density at radius 2 is 1.84 bits per heavy atom. The number of likely N-dealkylation sites (tertiary alicyclic amines) is 1. The van der Waals surface area contributed by atoms with Crippen molar-refractivity contribution >= 4 is 23.0 Å². The molecule has 25 heavy (non-hydrogen) atoms. The van der Waals surface area contributed by atoms with Crippen LogP contribution in [0.1, 0.15) is 50.7 Å². The van der Waals surface area contributed by atoms with Crippen LogP contribution in [0.25, 0.3) is 0 Å². The van der Waals surface area contributed by atoms with Crippen molar-refractivity contribution in [2.45, 2.75) is 25.8 Å². The molecule has 1 aromatic carbocycles. The van der Waals surface area contributed by atoms with Gasteiger partial charge < -0.3 is 14.4 Å². The Bertz CT molecular complexity index is 829. The zero-order valence-corrected chi connectivity index (χ0v) is 14.8. The van der Waals surface area contributed by atoms with Gasteiger partial charge in [0.25, 0.3) is 5.91 Å². The van der Waals surface area contributed by atoms with Crippen LogP contribution >= 0.6 is 11.3 Å². The third-order valence-electron chi connectivity index (χ3n) is 4.63. The highest BCUT2D eigenvalue weighted by molar-refractivity contribution is 7.15. The molecule has 2 aromatic rings. The molecule has 1 aromatic heterocycles. The number of thiophene rings is 1. The van der Waals surface area contributed by atoms with Crippen molar-refractivity contribution in [3.8, 4) is 11.5 Å². The number of nitrogens with zero attached hydrogens (tertiary/aromatic N) is 1. The van der Waals surface area contributed by atoms with Crippen molar-refractivity contribution in [3.05, 3.63) is 45.6 Å². The maximum atomic E-state index is 12.9. The van der Waals surface area contributed by atoms with Gasteiger partial charge in [0.1, 0.15) is 13.2 Å². The number of fused-ring (bicyclic) bond motifs is 1. The van der Waals surface area contributed by atoms with E-state index in [1.165, 1.54) is 18.3 Å². The fourth-order valence-corrected chi connectivity index (χ4v) is 4.26. The molecule has 1 atom stereocenters. The lowest BCUT2D eigenvalue weighted by molar-refractivity contribution is 0.0740. The number of Topliss-reactive ketones (excluding diaryl/α,β-unsaturated/α-hetero) is 1. The molecule has 0 bridgehead atoms. The maximum Gasteiger partial charge on any atom is 0.264 e. The quantitative estimate of drug-likeness (QED) is 0.786. The minimum Gasteiger partial charge on any atom is -0.486 e. The molecule has 4 rings (SSSR count). The summed E-state index contributed by atoms with van der Waals surface area (Å²) in [5.74, 6) is 1.50. The van der Waals surface area contributed by atoms with E-state index >= 15 is 0 Å². The number of amides is 1. The fourth-order valence-electron chi connectivity index (χ4n) is 3.41. The number of hydrogen-bond acceptors (Lipinski definition) is 5. The molecular weight excluding hydrogens is 338 g/mol. The number of ether oxygens (including phenoxy) is 2. The van der Waals surface area contributed by atoms with Gasteiger partial charge in [-0.2, -0.15) is 0 Å². The van der Waals surface area contributed by atoms with E-state index in [0.717, 1.165) is 36.4 Å². The SMILES string of the molecule is CC(=O)c1ccc(C(=O)N2CCC[C@H]2c2ccc3c(c2)OCCO3)s1. The molecule has 3 heterocycles. The topological polar surface area (TPSA) is 55.8 Å². The van der Waals surface area contributed by atoms with Gasteiger partial charge in [0.2, 0.25) is 0 Å². The van der Waals surface area contributed by atoms with Crippen molar-refractivity contribution in [2.24, 2.45) is 0 Å². The van der Waals surface area contributed by atoms with Crippen LogP contribution in [-0.4, -0.2) is 36.3 Å². The van der Waals surface area contributed by atoms with E-state index in [1.54, 1.807) is 12.1 Å². The van der Waals surface area contributed by atoms with Gasteiger partial charge in [-0.3, -0.25) is 9.59 Å². The summed E-state index contributed by atoms with van der Waals surface area (Å²) in [6.45, 7) is 3.36. The van der Waals surface area contributed by atoms with Gasteiger partial charge in [-0.15, -0.1) is 11.3 Å². The van der Waals surface area contributed by atoms with E-state index in [0.29, 0.717) is 23.0 Å². The van der Waals surface area contributed by atoms with E-state index in [-0.39, 0.29) is 17.7 Å². The fraction of sp³-hybridized carbons (Fsp3) is 0.368. The highest BCUT2D eigenvalue weighted by atomic mass is 32.1. The Morgan fingerprint density at radius 1 is 1.08 bits per heavy atom. The van der Waals surface area contributed by atoms with E-state index in [4.69, 9.17) is 9.47 Å². The molecule has 0 radical (unpaired) electrons. The van der Waals surface area contributed by atoms with Crippen LogP contribution in [0.5, 0.6) is 11.5 Å². The third kappa shape index (κ3) is 3.02. The first-order valence-electron chi connectivity index (χ1n) is 8.45. The molecule has 2 aliphatic heterocycles. The third-order valence-corrected chi connectivity index (χ3v) is 5.80. The summed E-state index contributed by atoms with van der Waals surface area (Å²) in [5, 5.41) is 0. The highest BCUT2D eigenvalue weighted by Crippen LogP contribution is 2.39. The molecule has 1 amide bonds. The van der Waals surface area contributed by atoms with Gasteiger partial charge in [-0.25, -0.2) is 0 Å². The van der Waals surface area contributed by atoms with Crippen LogP contribution in [0.3, 0.4) is 0 Å². The second-order valence-electron chi connectivity index (χ2n) is 6.28. The average molecular weight is 357 g/mol. The Hall–Kier alpha value is -2.34. The van der Waals surface area contributed by atoms with Crippen molar-refractivity contribution in [1.82, 2.24) is 4.90 Å². The molecule has 0 N–H and O–H groups in total. The van der Waals surface area contributed by atoms with Gasteiger partial charge >= 0.3 is 0 Å². The number of carbonyl (C=O) groups excluding carboxylic acids is 2. The lowest BCUT2D eigenvalue weighted by Crippen LogP contribution is -2.30. The Labute approximate surface area is 150 Å². The van der Waals surface area contributed by atoms with Crippen LogP contribution in [-0.2, 0) is 0 Å². The lowest BCUT2D eigenvalue weighted by atomic mass is 10.0. The molecular formula is C19H19NO4S. The summed E-state index contributed by atoms with van der Waals surface area (Å²) >= 11 is 1.27. The van der Waals surface area contributed by atoms with Crippen LogP contribution in [0.4, 0.5) is 0 Å². The zero-order valence-electron chi connectivity index (χ0n) is 14.0. The molecule has 1 fully saturated rings. The molecule has 6 heteroatoms. The Morgan fingerprint density at radius 3 is 2.60 bits per heavy atom. The standard InChI is InChI=1S/C19H19NO4S/c1-12(21)17-6-7-18(25-17)19(22)20-8-2-3-14(20)13-4-5-15-16(11-13)24-10-9-23-15/h4-7,11,14H,2-3,8-10H2,1H3/t14-/m0/s1. The number of benzene rings is 1. The van der Waals surface area contributed by atoms with Crippen LogP contribution in [0.15, 0.2) is 30.3 Å². The maximum absolute atomic E-state index is 12.9. The van der Waals surface area contributed by atoms with E-state index < -0.39 is 0 Å². The molecule has 1 saturated heterocycles. The van der Waals surface area contributed by atoms with Gasteiger partial charge in [0.05, 0.1) is 15.8 Å². The van der Waals surface area contributed by atoms with Crippen LogP contribution in [0, 0.1) is 0 Å². The largest absolute Gasteiger partial charge is 0.486 e. The average Bonchev–Trinajstić information content (AvgIpc) is 3.30. The van der Waals surface area contributed by atoms with Crippen molar-refractivity contribution in [3.63, 3.8) is 0 Å². The molecule has 0 spiro atoms. The van der Waals surface area contributed by atoms with Gasteiger partial charge in [-0.1, -0.05) is 6.07 Å². The van der Waals surface area contributed by atoms with E-state index in [1.807, 2.05) is 23.1 Å². The molecule has 130 valence electrons. The molecule has 0 aliphatic carbocycles. The summed E-state index contributed by atoms with van der Waals surface area (Å²) < 4.78 is 11.2. The Kier molecular flexibility index (Phi) is 4.21. The monoisotopic (exact) mass is 357 g/mol. The summed E-state index contributed by atoms with van der Waals surface area (Å²) in [6.07, 6.45) is 1.89. The van der Waals surface area contributed by atoms with Gasteiger partial charge in [0.15, 0.2) is 17.3 Å². The lowest BCUT2D eigenvalue weighted by Gasteiger charge is -2.26. The van der Waals surface area contributed by atoms with Crippen LogP contribution < -0.4 is 9.47 Å². The molecule has 0 unspecified atom stereocenters. The van der Waals surface area contributed by atoms with Crippen molar-refractivity contribution in [1.29, 1.82) is 0 Å². The summed E-state index contributed by atoms with van der Waals surface area (Å²) in [4.78, 5) is 27.6. The summed E-state index contributed by atoms with van der Waals surface area (Å²) in [7, 11) is 0. The predicted molar refractivity (Wildman–Crippen MR) is 94.8 cm³/mol.